The van der Waals surface area contributed by atoms with Crippen LogP contribution in [0.2, 0.25) is 10.0 Å². The fourth-order valence-electron chi connectivity index (χ4n) is 1.95. The van der Waals surface area contributed by atoms with E-state index < -0.39 is 5.91 Å². The third kappa shape index (κ3) is 2.69. The van der Waals surface area contributed by atoms with Gasteiger partial charge in [-0.1, -0.05) is 36.2 Å². The molecule has 0 fully saturated rings. The molecule has 0 aliphatic carbocycles. The SMILES string of the molecule is CCC1=NN2C(=N)/C(=C\c3ccc(Cl)cc3Cl)C(=O)N=C2S1. The summed E-state index contributed by atoms with van der Waals surface area (Å²) in [5.74, 6) is -0.473. The second-order valence-corrected chi connectivity index (χ2v) is 6.42. The Hall–Kier alpha value is -1.63. The van der Waals surface area contributed by atoms with Crippen LogP contribution in [0.4, 0.5) is 0 Å². The molecule has 0 unspecified atom stereocenters. The Morgan fingerprint density at radius 3 is 2.86 bits per heavy atom. The molecule has 2 aliphatic heterocycles. The standard InChI is InChI=1S/C14H10Cl2N4OS/c1-2-11-19-20-12(17)9(13(21)18-14(20)22-11)5-7-3-4-8(15)6-10(7)16/h3-6,17H,2H2,1H3/b9-5+,17-12?. The number of hydrogen-bond acceptors (Lipinski definition) is 4. The molecule has 3 rings (SSSR count). The Morgan fingerprint density at radius 2 is 2.18 bits per heavy atom. The van der Waals surface area contributed by atoms with Gasteiger partial charge in [-0.15, -0.1) is 0 Å². The van der Waals surface area contributed by atoms with Crippen molar-refractivity contribution >= 4 is 63.0 Å². The van der Waals surface area contributed by atoms with Crippen molar-refractivity contribution in [3.63, 3.8) is 0 Å². The molecule has 1 aromatic rings. The van der Waals surface area contributed by atoms with Crippen LogP contribution < -0.4 is 0 Å². The van der Waals surface area contributed by atoms with Gasteiger partial charge in [-0.2, -0.15) is 15.1 Å². The van der Waals surface area contributed by atoms with Gasteiger partial charge in [0.15, 0.2) is 5.84 Å². The largest absolute Gasteiger partial charge is 0.283 e. The lowest BCUT2D eigenvalue weighted by Crippen LogP contribution is -2.35. The molecule has 2 aliphatic rings. The smallest absolute Gasteiger partial charge is 0.282 e. The van der Waals surface area contributed by atoms with Crippen molar-refractivity contribution in [2.45, 2.75) is 13.3 Å². The second kappa shape index (κ2) is 5.87. The maximum absolute atomic E-state index is 12.2. The van der Waals surface area contributed by atoms with Crippen LogP contribution in [0.15, 0.2) is 33.9 Å². The molecule has 0 saturated heterocycles. The highest BCUT2D eigenvalue weighted by atomic mass is 35.5. The minimum atomic E-state index is -0.470. The summed E-state index contributed by atoms with van der Waals surface area (Å²) in [6, 6.07) is 4.95. The summed E-state index contributed by atoms with van der Waals surface area (Å²) in [5, 5.41) is 16.0. The van der Waals surface area contributed by atoms with E-state index in [1.165, 1.54) is 22.8 Å². The van der Waals surface area contributed by atoms with E-state index in [0.29, 0.717) is 20.8 Å². The zero-order valence-electron chi connectivity index (χ0n) is 11.4. The Morgan fingerprint density at radius 1 is 1.41 bits per heavy atom. The van der Waals surface area contributed by atoms with E-state index >= 15 is 0 Å². The van der Waals surface area contributed by atoms with E-state index in [0.717, 1.165) is 11.5 Å². The van der Waals surface area contributed by atoms with Crippen molar-refractivity contribution in [2.75, 3.05) is 0 Å². The molecule has 8 heteroatoms. The van der Waals surface area contributed by atoms with Crippen molar-refractivity contribution < 1.29 is 4.79 Å². The van der Waals surface area contributed by atoms with Crippen LogP contribution >= 0.6 is 35.0 Å². The predicted octanol–water partition coefficient (Wildman–Crippen LogP) is 4.02. The number of hydrazone groups is 1. The van der Waals surface area contributed by atoms with Crippen LogP contribution in [0.3, 0.4) is 0 Å². The van der Waals surface area contributed by atoms with Gasteiger partial charge in [0.05, 0.1) is 5.57 Å². The average molecular weight is 353 g/mol. The molecule has 5 nitrogen and oxygen atoms in total. The molecule has 0 aromatic heterocycles. The number of nitrogens with one attached hydrogen (secondary N) is 1. The summed E-state index contributed by atoms with van der Waals surface area (Å²) >= 11 is 13.3. The van der Waals surface area contributed by atoms with Crippen molar-refractivity contribution in [3.05, 3.63) is 39.4 Å². The fourth-order valence-corrected chi connectivity index (χ4v) is 3.24. The lowest BCUT2D eigenvalue weighted by molar-refractivity contribution is -0.114. The van der Waals surface area contributed by atoms with E-state index in [4.69, 9.17) is 28.6 Å². The maximum atomic E-state index is 12.2. The third-order valence-corrected chi connectivity index (χ3v) is 4.68. The number of carbonyl (C=O) groups is 1. The molecule has 0 saturated carbocycles. The number of halogens is 2. The van der Waals surface area contributed by atoms with Crippen molar-refractivity contribution in [1.82, 2.24) is 5.01 Å². The highest BCUT2D eigenvalue weighted by Crippen LogP contribution is 2.30. The summed E-state index contributed by atoms with van der Waals surface area (Å²) in [6.45, 7) is 1.96. The Bertz CT molecular complexity index is 785. The normalized spacial score (nSPS) is 19.4. The minimum absolute atomic E-state index is 0.00281. The summed E-state index contributed by atoms with van der Waals surface area (Å²) in [6.07, 6.45) is 2.26. The lowest BCUT2D eigenvalue weighted by Gasteiger charge is -2.20. The molecule has 1 aromatic carbocycles. The molecule has 1 amide bonds. The highest BCUT2D eigenvalue weighted by Gasteiger charge is 2.35. The Kier molecular flexibility index (Phi) is 4.08. The van der Waals surface area contributed by atoms with E-state index in [1.807, 2.05) is 6.92 Å². The number of hydrogen-bond donors (Lipinski definition) is 1. The summed E-state index contributed by atoms with van der Waals surface area (Å²) < 4.78 is 0. The number of carbonyl (C=O) groups excluding carboxylic acids is 1. The Balaban J connectivity index is 2.02. The number of rotatable bonds is 2. The quantitative estimate of drug-likeness (QED) is 0.817. The van der Waals surface area contributed by atoms with Crippen molar-refractivity contribution in [1.29, 1.82) is 5.41 Å². The van der Waals surface area contributed by atoms with Crippen LogP contribution in [-0.2, 0) is 4.79 Å². The predicted molar refractivity (Wildman–Crippen MR) is 91.8 cm³/mol. The molecule has 2 heterocycles. The van der Waals surface area contributed by atoms with E-state index in [9.17, 15) is 4.79 Å². The van der Waals surface area contributed by atoms with Gasteiger partial charge < -0.3 is 0 Å². The number of aliphatic imine (C=N–C) groups is 1. The number of fused-ring (bicyclic) bond motifs is 1. The molecule has 1 N–H and O–H groups in total. The first-order chi connectivity index (χ1) is 10.5. The van der Waals surface area contributed by atoms with Gasteiger partial charge in [-0.05, 0) is 42.0 Å². The van der Waals surface area contributed by atoms with Gasteiger partial charge in [-0.25, -0.2) is 0 Å². The molecular formula is C14H10Cl2N4OS. The van der Waals surface area contributed by atoms with Crippen LogP contribution in [0, 0.1) is 5.41 Å². The van der Waals surface area contributed by atoms with Gasteiger partial charge in [0.25, 0.3) is 5.91 Å². The van der Waals surface area contributed by atoms with Gasteiger partial charge in [0.2, 0.25) is 5.17 Å². The molecule has 0 radical (unpaired) electrons. The number of nitrogens with zero attached hydrogens (tertiary/aromatic N) is 3. The minimum Gasteiger partial charge on any atom is -0.282 e. The first-order valence-electron chi connectivity index (χ1n) is 6.43. The Labute approximate surface area is 141 Å². The summed E-state index contributed by atoms with van der Waals surface area (Å²) in [5.41, 5.74) is 0.749. The van der Waals surface area contributed by atoms with Gasteiger partial charge in [0, 0.05) is 10.0 Å². The zero-order valence-corrected chi connectivity index (χ0v) is 13.8. The summed E-state index contributed by atoms with van der Waals surface area (Å²) in [7, 11) is 0. The first-order valence-corrected chi connectivity index (χ1v) is 8.01. The van der Waals surface area contributed by atoms with Gasteiger partial charge in [-0.3, -0.25) is 10.2 Å². The van der Waals surface area contributed by atoms with Crippen molar-refractivity contribution in [3.8, 4) is 0 Å². The second-order valence-electron chi connectivity index (χ2n) is 4.53. The van der Waals surface area contributed by atoms with Gasteiger partial charge in [0.1, 0.15) is 5.04 Å². The fraction of sp³-hybridized carbons (Fsp3) is 0.143. The zero-order chi connectivity index (χ0) is 15.9. The number of thioether (sulfide) groups is 1. The van der Waals surface area contributed by atoms with Crippen LogP contribution in [0.25, 0.3) is 6.08 Å². The molecule has 22 heavy (non-hydrogen) atoms. The monoisotopic (exact) mass is 352 g/mol. The van der Waals surface area contributed by atoms with Crippen LogP contribution in [0.5, 0.6) is 0 Å². The topological polar surface area (TPSA) is 68.9 Å². The van der Waals surface area contributed by atoms with Crippen LogP contribution in [-0.4, -0.2) is 27.0 Å². The summed E-state index contributed by atoms with van der Waals surface area (Å²) in [4.78, 5) is 16.2. The molecule has 0 bridgehead atoms. The molecule has 112 valence electrons. The van der Waals surface area contributed by atoms with Gasteiger partial charge >= 0.3 is 0 Å². The van der Waals surface area contributed by atoms with E-state index in [-0.39, 0.29) is 11.4 Å². The van der Waals surface area contributed by atoms with Crippen molar-refractivity contribution in [2.24, 2.45) is 10.1 Å². The molecular weight excluding hydrogens is 343 g/mol. The number of amides is 1. The lowest BCUT2D eigenvalue weighted by atomic mass is 10.1. The maximum Gasteiger partial charge on any atom is 0.283 e. The van der Waals surface area contributed by atoms with E-state index in [1.54, 1.807) is 18.2 Å². The highest BCUT2D eigenvalue weighted by molar-refractivity contribution is 8.26. The molecule has 0 atom stereocenters. The average Bonchev–Trinajstić information content (AvgIpc) is 2.88. The number of amidine groups is 2. The first kappa shape index (κ1) is 15.3. The molecule has 0 spiro atoms. The number of benzene rings is 1. The van der Waals surface area contributed by atoms with E-state index in [2.05, 4.69) is 10.1 Å². The third-order valence-electron chi connectivity index (χ3n) is 3.06. The van der Waals surface area contributed by atoms with Crippen LogP contribution in [0.1, 0.15) is 18.9 Å².